The molecule has 2 aliphatic heterocycles. The maximum atomic E-state index is 13.6. The van der Waals surface area contributed by atoms with E-state index in [0.29, 0.717) is 30.5 Å². The number of rotatable bonds is 4. The second kappa shape index (κ2) is 8.70. The number of carbonyl (C=O) groups excluding carboxylic acids is 1. The van der Waals surface area contributed by atoms with Crippen LogP contribution in [0.5, 0.6) is 0 Å². The molecule has 1 amide bonds. The first-order valence-corrected chi connectivity index (χ1v) is 11.1. The van der Waals surface area contributed by atoms with E-state index in [0.717, 1.165) is 25.3 Å². The molecule has 0 bridgehead atoms. The molecule has 0 spiro atoms. The number of likely N-dealkylation sites (tertiary alicyclic amines) is 2. The van der Waals surface area contributed by atoms with Crippen molar-refractivity contribution < 1.29 is 4.79 Å². The molecule has 0 unspecified atom stereocenters. The summed E-state index contributed by atoms with van der Waals surface area (Å²) < 4.78 is 2.09. The van der Waals surface area contributed by atoms with E-state index in [9.17, 15) is 4.79 Å². The van der Waals surface area contributed by atoms with Crippen LogP contribution in [0.2, 0.25) is 0 Å². The van der Waals surface area contributed by atoms with Crippen LogP contribution < -0.4 is 0 Å². The fourth-order valence-electron chi connectivity index (χ4n) is 5.39. The van der Waals surface area contributed by atoms with Crippen LogP contribution >= 0.6 is 0 Å². The molecule has 5 heteroatoms. The topological polar surface area (TPSA) is 41.4 Å². The molecule has 0 radical (unpaired) electrons. The van der Waals surface area contributed by atoms with Gasteiger partial charge in [0.1, 0.15) is 5.82 Å². The Hall–Kier alpha value is -2.14. The van der Waals surface area contributed by atoms with Gasteiger partial charge in [-0.25, -0.2) is 4.98 Å². The largest absolute Gasteiger partial charge is 0.337 e. The predicted octanol–water partition coefficient (Wildman–Crippen LogP) is 3.70. The van der Waals surface area contributed by atoms with E-state index in [1.807, 2.05) is 19.3 Å². The highest BCUT2D eigenvalue weighted by molar-refractivity contribution is 5.79. The number of benzene rings is 1. The van der Waals surface area contributed by atoms with Crippen LogP contribution in [0.1, 0.15) is 49.9 Å². The molecule has 4 atom stereocenters. The van der Waals surface area contributed by atoms with Gasteiger partial charge in [-0.15, -0.1) is 0 Å². The van der Waals surface area contributed by atoms with Gasteiger partial charge in [-0.2, -0.15) is 0 Å². The summed E-state index contributed by atoms with van der Waals surface area (Å²) in [5.74, 6) is 1.60. The second-order valence-corrected chi connectivity index (χ2v) is 8.92. The Balaban J connectivity index is 1.59. The first-order valence-electron chi connectivity index (χ1n) is 11.1. The lowest BCUT2D eigenvalue weighted by molar-refractivity contribution is -0.137. The molecule has 156 valence electrons. The Bertz CT molecular complexity index is 817. The maximum Gasteiger partial charge on any atom is 0.227 e. The Morgan fingerprint density at radius 1 is 1.21 bits per heavy atom. The fraction of sp³-hybridized carbons (Fsp3) is 0.583. The van der Waals surface area contributed by atoms with Crippen LogP contribution in [0.4, 0.5) is 0 Å². The molecule has 5 nitrogen and oxygen atoms in total. The van der Waals surface area contributed by atoms with Crippen molar-refractivity contribution in [3.05, 3.63) is 54.1 Å². The average molecular weight is 395 g/mol. The smallest absolute Gasteiger partial charge is 0.227 e. The maximum absolute atomic E-state index is 13.6. The van der Waals surface area contributed by atoms with E-state index < -0.39 is 0 Å². The summed E-state index contributed by atoms with van der Waals surface area (Å²) in [4.78, 5) is 22.7. The lowest BCUT2D eigenvalue weighted by atomic mass is 9.87. The highest BCUT2D eigenvalue weighted by atomic mass is 16.2. The van der Waals surface area contributed by atoms with Crippen molar-refractivity contribution in [3.8, 4) is 0 Å². The average Bonchev–Trinajstić information content (AvgIpc) is 3.29. The molecule has 29 heavy (non-hydrogen) atoms. The number of aryl methyl sites for hydroxylation is 1. The molecule has 1 aromatic carbocycles. The van der Waals surface area contributed by atoms with E-state index in [4.69, 9.17) is 0 Å². The van der Waals surface area contributed by atoms with E-state index in [1.54, 1.807) is 0 Å². The zero-order chi connectivity index (χ0) is 20.4. The summed E-state index contributed by atoms with van der Waals surface area (Å²) in [6, 6.07) is 11.5. The van der Waals surface area contributed by atoms with Crippen LogP contribution in [0, 0.1) is 12.8 Å². The Morgan fingerprint density at radius 3 is 2.72 bits per heavy atom. The van der Waals surface area contributed by atoms with Gasteiger partial charge < -0.3 is 14.4 Å². The van der Waals surface area contributed by atoms with Gasteiger partial charge in [0.15, 0.2) is 0 Å². The van der Waals surface area contributed by atoms with Crippen LogP contribution in [0.15, 0.2) is 42.7 Å². The third kappa shape index (κ3) is 4.11. The quantitative estimate of drug-likeness (QED) is 0.794. The van der Waals surface area contributed by atoms with Gasteiger partial charge in [-0.3, -0.25) is 4.79 Å². The summed E-state index contributed by atoms with van der Waals surface area (Å²) in [5, 5.41) is 0. The number of hydrogen-bond acceptors (Lipinski definition) is 3. The molecular formula is C24H34N4O. The molecule has 0 N–H and O–H groups in total. The van der Waals surface area contributed by atoms with E-state index >= 15 is 0 Å². The number of imidazole rings is 1. The molecule has 2 saturated heterocycles. The zero-order valence-corrected chi connectivity index (χ0v) is 18.0. The van der Waals surface area contributed by atoms with Crippen LogP contribution in [-0.2, 0) is 11.3 Å². The second-order valence-electron chi connectivity index (χ2n) is 8.92. The number of likely N-dealkylation sites (N-methyl/N-ethyl adjacent to an activating group) is 1. The number of fused-ring (bicyclic) bond motifs is 1. The van der Waals surface area contributed by atoms with Gasteiger partial charge in [0.05, 0.1) is 5.92 Å². The molecule has 3 heterocycles. The summed E-state index contributed by atoms with van der Waals surface area (Å²) in [6.45, 7) is 6.72. The standard InChI is InChI=1S/C24H34N4O/c1-18(16-27-15-13-25-19(27)2)24(29)28-17-21(20-10-6-4-7-11-20)23-22(28)12-8-5-9-14-26(23)3/h4,6-7,10-11,13,15,18,21-23H,5,8-9,12,14,16-17H2,1-3H3/t18-,21+,22-,23+/m1/s1. The molecule has 2 aliphatic rings. The number of nitrogens with zero attached hydrogens (tertiary/aromatic N) is 4. The van der Waals surface area contributed by atoms with Gasteiger partial charge in [0.2, 0.25) is 5.91 Å². The molecule has 2 fully saturated rings. The summed E-state index contributed by atoms with van der Waals surface area (Å²) >= 11 is 0. The van der Waals surface area contributed by atoms with Crippen LogP contribution in [0.3, 0.4) is 0 Å². The minimum atomic E-state index is -0.0474. The molecule has 0 aliphatic carbocycles. The predicted molar refractivity (Wildman–Crippen MR) is 116 cm³/mol. The minimum Gasteiger partial charge on any atom is -0.337 e. The van der Waals surface area contributed by atoms with Crippen LogP contribution in [0.25, 0.3) is 0 Å². The highest BCUT2D eigenvalue weighted by Gasteiger charge is 2.46. The van der Waals surface area contributed by atoms with E-state index in [-0.39, 0.29) is 5.92 Å². The molecule has 0 saturated carbocycles. The number of amides is 1. The minimum absolute atomic E-state index is 0.0474. The van der Waals surface area contributed by atoms with Crippen molar-refractivity contribution in [3.63, 3.8) is 0 Å². The SMILES string of the molecule is Cc1nccn1C[C@@H](C)C(=O)N1C[C@@H](c2ccccc2)[C@H]2[C@H]1CCCCCN2C. The van der Waals surface area contributed by atoms with Gasteiger partial charge in [-0.05, 0) is 38.9 Å². The van der Waals surface area contributed by atoms with E-state index in [1.165, 1.54) is 24.8 Å². The molecule has 2 aromatic rings. The Morgan fingerprint density at radius 2 is 2.00 bits per heavy atom. The Labute approximate surface area is 174 Å². The van der Waals surface area contributed by atoms with E-state index in [2.05, 4.69) is 63.7 Å². The summed E-state index contributed by atoms with van der Waals surface area (Å²) in [7, 11) is 2.26. The number of hydrogen-bond donors (Lipinski definition) is 0. The van der Waals surface area contributed by atoms with Gasteiger partial charge in [0.25, 0.3) is 0 Å². The van der Waals surface area contributed by atoms with Crippen molar-refractivity contribution in [2.75, 3.05) is 20.1 Å². The lowest BCUT2D eigenvalue weighted by Crippen LogP contribution is -2.49. The van der Waals surface area contributed by atoms with Crippen molar-refractivity contribution in [2.45, 2.75) is 64.1 Å². The summed E-state index contributed by atoms with van der Waals surface area (Å²) in [6.07, 6.45) is 8.63. The zero-order valence-electron chi connectivity index (χ0n) is 18.0. The van der Waals surface area contributed by atoms with Gasteiger partial charge in [-0.1, -0.05) is 50.1 Å². The molecule has 1 aromatic heterocycles. The monoisotopic (exact) mass is 394 g/mol. The number of aromatic nitrogens is 2. The van der Waals surface area contributed by atoms with Crippen molar-refractivity contribution >= 4 is 5.91 Å². The fourth-order valence-corrected chi connectivity index (χ4v) is 5.39. The third-order valence-electron chi connectivity index (χ3n) is 6.95. The van der Waals surface area contributed by atoms with Crippen molar-refractivity contribution in [1.82, 2.24) is 19.4 Å². The van der Waals surface area contributed by atoms with Crippen molar-refractivity contribution in [2.24, 2.45) is 5.92 Å². The van der Waals surface area contributed by atoms with Gasteiger partial charge in [0, 0.05) is 43.5 Å². The summed E-state index contributed by atoms with van der Waals surface area (Å²) in [5.41, 5.74) is 1.36. The normalized spacial score (nSPS) is 26.6. The van der Waals surface area contributed by atoms with Gasteiger partial charge >= 0.3 is 0 Å². The molecular weight excluding hydrogens is 360 g/mol. The number of carbonyl (C=O) groups is 1. The highest BCUT2D eigenvalue weighted by Crippen LogP contribution is 2.39. The first-order chi connectivity index (χ1) is 14.1. The van der Waals surface area contributed by atoms with Crippen LogP contribution in [-0.4, -0.2) is 57.5 Å². The Kier molecular flexibility index (Phi) is 6.04. The first kappa shape index (κ1) is 20.1. The van der Waals surface area contributed by atoms with Crippen molar-refractivity contribution in [1.29, 1.82) is 0 Å². The third-order valence-corrected chi connectivity index (χ3v) is 6.95. The lowest BCUT2D eigenvalue weighted by Gasteiger charge is -2.37. The molecule has 4 rings (SSSR count).